The summed E-state index contributed by atoms with van der Waals surface area (Å²) < 4.78 is 8.20. The van der Waals surface area contributed by atoms with E-state index in [0.29, 0.717) is 16.4 Å². The van der Waals surface area contributed by atoms with Gasteiger partial charge in [0.05, 0.1) is 22.5 Å². The van der Waals surface area contributed by atoms with Gasteiger partial charge in [0, 0.05) is 18.1 Å². The number of hydrogen-bond acceptors (Lipinski definition) is 4. The van der Waals surface area contributed by atoms with Crippen molar-refractivity contribution < 1.29 is 9.21 Å². The second-order valence-electron chi connectivity index (χ2n) is 6.09. The Morgan fingerprint density at radius 2 is 1.93 bits per heavy atom. The topological polar surface area (TPSA) is 82.1 Å². The Bertz CT molecular complexity index is 1220. The number of benzene rings is 2. The molecule has 0 saturated heterocycles. The molecule has 0 fully saturated rings. The van der Waals surface area contributed by atoms with Crippen LogP contribution in [0.4, 0.5) is 5.82 Å². The van der Waals surface area contributed by atoms with Crippen molar-refractivity contribution in [1.82, 2.24) is 14.3 Å². The zero-order valence-electron chi connectivity index (χ0n) is 14.6. The van der Waals surface area contributed by atoms with Crippen molar-refractivity contribution in [2.75, 3.05) is 5.32 Å². The molecule has 0 aliphatic rings. The van der Waals surface area contributed by atoms with Crippen LogP contribution in [0.5, 0.6) is 0 Å². The summed E-state index contributed by atoms with van der Waals surface area (Å²) in [5.41, 5.74) is 2.57. The van der Waals surface area contributed by atoms with Crippen LogP contribution < -0.4 is 11.1 Å². The zero-order chi connectivity index (χ0) is 19.1. The normalized spacial score (nSPS) is 11.1. The van der Waals surface area contributed by atoms with Gasteiger partial charge in [0.15, 0.2) is 5.58 Å². The van der Waals surface area contributed by atoms with Gasteiger partial charge in [-0.05, 0) is 43.3 Å². The summed E-state index contributed by atoms with van der Waals surface area (Å²) in [6.45, 7) is 1.83. The van der Waals surface area contributed by atoms with E-state index in [2.05, 4.69) is 10.4 Å². The molecule has 4 rings (SSSR count). The molecule has 4 aromatic rings. The first-order valence-corrected chi connectivity index (χ1v) is 8.54. The van der Waals surface area contributed by atoms with Gasteiger partial charge in [-0.2, -0.15) is 5.10 Å². The number of carbonyl (C=O) groups excluding carboxylic acids is 1. The van der Waals surface area contributed by atoms with Gasteiger partial charge in [0.25, 0.3) is 5.91 Å². The first-order valence-electron chi connectivity index (χ1n) is 8.16. The number of aryl methyl sites for hydroxylation is 2. The lowest BCUT2D eigenvalue weighted by Crippen LogP contribution is -2.15. The van der Waals surface area contributed by atoms with E-state index < -0.39 is 11.7 Å². The summed E-state index contributed by atoms with van der Waals surface area (Å²) in [7, 11) is 1.59. The number of oxazole rings is 1. The number of hydrogen-bond donors (Lipinski definition) is 1. The highest BCUT2D eigenvalue weighted by molar-refractivity contribution is 6.30. The molecule has 27 heavy (non-hydrogen) atoms. The maximum absolute atomic E-state index is 12.9. The molecule has 0 radical (unpaired) electrons. The smallest absolute Gasteiger partial charge is 0.407 e. The highest BCUT2D eigenvalue weighted by Crippen LogP contribution is 2.22. The lowest BCUT2D eigenvalue weighted by molar-refractivity contribution is 0.102. The van der Waals surface area contributed by atoms with Crippen molar-refractivity contribution in [3.63, 3.8) is 0 Å². The van der Waals surface area contributed by atoms with E-state index in [9.17, 15) is 9.59 Å². The van der Waals surface area contributed by atoms with E-state index in [4.69, 9.17) is 16.0 Å². The van der Waals surface area contributed by atoms with Crippen LogP contribution in [0.15, 0.2) is 57.7 Å². The fourth-order valence-corrected chi connectivity index (χ4v) is 3.01. The number of rotatable bonds is 3. The maximum atomic E-state index is 12.9. The monoisotopic (exact) mass is 382 g/mol. The number of carbonyl (C=O) groups is 1. The second-order valence-corrected chi connectivity index (χ2v) is 6.53. The highest BCUT2D eigenvalue weighted by Gasteiger charge is 2.18. The Labute approximate surface area is 158 Å². The Morgan fingerprint density at radius 3 is 2.67 bits per heavy atom. The van der Waals surface area contributed by atoms with Gasteiger partial charge in [-0.15, -0.1) is 0 Å². The van der Waals surface area contributed by atoms with Crippen LogP contribution in [0, 0.1) is 6.92 Å². The van der Waals surface area contributed by atoms with Gasteiger partial charge in [-0.1, -0.05) is 17.7 Å². The van der Waals surface area contributed by atoms with Crippen molar-refractivity contribution in [3.8, 4) is 5.69 Å². The quantitative estimate of drug-likeness (QED) is 0.587. The number of anilines is 1. The summed E-state index contributed by atoms with van der Waals surface area (Å²) in [5.74, 6) is -0.424. The van der Waals surface area contributed by atoms with Crippen molar-refractivity contribution in [1.29, 1.82) is 0 Å². The number of nitrogens with one attached hydrogen (secondary N) is 1. The minimum Gasteiger partial charge on any atom is -0.407 e. The minimum absolute atomic E-state index is 0.247. The molecule has 2 heterocycles. The molecule has 2 aromatic heterocycles. The van der Waals surface area contributed by atoms with Crippen LogP contribution in [0.2, 0.25) is 5.02 Å². The number of para-hydroxylation sites is 1. The third-order valence-electron chi connectivity index (χ3n) is 4.21. The summed E-state index contributed by atoms with van der Waals surface area (Å²) in [5, 5.41) is 7.87. The number of nitrogens with zero attached hydrogens (tertiary/aromatic N) is 3. The Morgan fingerprint density at radius 1 is 1.19 bits per heavy atom. The SMILES string of the molecule is Cc1cc(NC(=O)c2cccc3c2oc(=O)n3C)n(-c2ccc(Cl)cc2)n1. The zero-order valence-corrected chi connectivity index (χ0v) is 15.3. The fourth-order valence-electron chi connectivity index (χ4n) is 2.88. The minimum atomic E-state index is -0.521. The molecule has 0 spiro atoms. The molecule has 1 N–H and O–H groups in total. The molecule has 0 aliphatic carbocycles. The van der Waals surface area contributed by atoms with Gasteiger partial charge in [-0.3, -0.25) is 9.36 Å². The molecule has 0 aliphatic heterocycles. The van der Waals surface area contributed by atoms with Gasteiger partial charge in [0.1, 0.15) is 5.82 Å². The maximum Gasteiger partial charge on any atom is 0.419 e. The van der Waals surface area contributed by atoms with Crippen LogP contribution in [0.25, 0.3) is 16.8 Å². The summed E-state index contributed by atoms with van der Waals surface area (Å²) >= 11 is 5.94. The van der Waals surface area contributed by atoms with Crippen LogP contribution in [-0.4, -0.2) is 20.3 Å². The largest absolute Gasteiger partial charge is 0.419 e. The van der Waals surface area contributed by atoms with E-state index in [1.54, 1.807) is 60.3 Å². The predicted molar refractivity (Wildman–Crippen MR) is 103 cm³/mol. The van der Waals surface area contributed by atoms with Crippen molar-refractivity contribution >= 4 is 34.4 Å². The van der Waals surface area contributed by atoms with Crippen molar-refractivity contribution in [2.45, 2.75) is 6.92 Å². The number of amides is 1. The predicted octanol–water partition coefficient (Wildman–Crippen LogP) is 3.53. The summed E-state index contributed by atoms with van der Waals surface area (Å²) in [6.07, 6.45) is 0. The van der Waals surface area contributed by atoms with Gasteiger partial charge < -0.3 is 9.73 Å². The molecule has 0 bridgehead atoms. The molecule has 0 saturated carbocycles. The van der Waals surface area contributed by atoms with E-state index in [1.807, 2.05) is 6.92 Å². The first kappa shape index (κ1) is 17.1. The summed E-state index contributed by atoms with van der Waals surface area (Å²) in [4.78, 5) is 24.6. The van der Waals surface area contributed by atoms with E-state index in [1.165, 1.54) is 4.57 Å². The molecule has 7 nitrogen and oxygen atoms in total. The second kappa shape index (κ2) is 6.44. The molecule has 0 unspecified atom stereocenters. The molecule has 2 aromatic carbocycles. The number of fused-ring (bicyclic) bond motifs is 1. The Balaban J connectivity index is 1.73. The van der Waals surface area contributed by atoms with Crippen LogP contribution in [0.3, 0.4) is 0 Å². The van der Waals surface area contributed by atoms with Crippen LogP contribution in [-0.2, 0) is 7.05 Å². The van der Waals surface area contributed by atoms with Crippen molar-refractivity contribution in [2.24, 2.45) is 7.05 Å². The molecule has 1 amide bonds. The van der Waals surface area contributed by atoms with Gasteiger partial charge in [-0.25, -0.2) is 9.48 Å². The van der Waals surface area contributed by atoms with E-state index in [-0.39, 0.29) is 11.1 Å². The number of aromatic nitrogens is 3. The number of halogens is 1. The van der Waals surface area contributed by atoms with Crippen molar-refractivity contribution in [3.05, 3.63) is 75.4 Å². The lowest BCUT2D eigenvalue weighted by atomic mass is 10.2. The third kappa shape index (κ3) is 3.02. The fraction of sp³-hybridized carbons (Fsp3) is 0.105. The van der Waals surface area contributed by atoms with E-state index >= 15 is 0 Å². The molecule has 0 atom stereocenters. The Hall–Kier alpha value is -3.32. The van der Waals surface area contributed by atoms with Crippen LogP contribution in [0.1, 0.15) is 16.1 Å². The molecular weight excluding hydrogens is 368 g/mol. The van der Waals surface area contributed by atoms with Gasteiger partial charge in [0.2, 0.25) is 0 Å². The first-order chi connectivity index (χ1) is 12.9. The highest BCUT2D eigenvalue weighted by atomic mass is 35.5. The molecular formula is C19H15ClN4O3. The van der Waals surface area contributed by atoms with E-state index in [0.717, 1.165) is 11.4 Å². The van der Waals surface area contributed by atoms with Crippen LogP contribution >= 0.6 is 11.6 Å². The summed E-state index contributed by atoms with van der Waals surface area (Å²) in [6, 6.07) is 13.9. The Kier molecular flexibility index (Phi) is 4.08. The standard InChI is InChI=1S/C19H15ClN4O3/c1-11-10-16(24(22-11)13-8-6-12(20)7-9-13)21-18(25)14-4-3-5-15-17(14)27-19(26)23(15)2/h3-10H,1-2H3,(H,21,25). The molecule has 8 heteroatoms. The third-order valence-corrected chi connectivity index (χ3v) is 4.46. The molecule has 136 valence electrons. The average Bonchev–Trinajstić information content (AvgIpc) is 3.15. The lowest BCUT2D eigenvalue weighted by Gasteiger charge is -2.09. The van der Waals surface area contributed by atoms with Gasteiger partial charge >= 0.3 is 5.76 Å². The average molecular weight is 383 g/mol.